The standard InChI is InChI=1S/C14H20N2O2/c1-10-6-11(2)8-12(7-10)16-5-3-4-15-13(9-17)14(16)18/h6-8,13,15,17H,3-5,9H2,1-2H3. The van der Waals surface area contributed by atoms with Gasteiger partial charge in [-0.2, -0.15) is 0 Å². The first-order chi connectivity index (χ1) is 8.61. The summed E-state index contributed by atoms with van der Waals surface area (Å²) in [6, 6.07) is 5.65. The predicted molar refractivity (Wildman–Crippen MR) is 71.8 cm³/mol. The molecular formula is C14H20N2O2. The summed E-state index contributed by atoms with van der Waals surface area (Å²) in [7, 11) is 0. The van der Waals surface area contributed by atoms with E-state index in [0.717, 1.165) is 29.8 Å². The Balaban J connectivity index is 2.31. The third kappa shape index (κ3) is 2.71. The van der Waals surface area contributed by atoms with Gasteiger partial charge in [0.2, 0.25) is 5.91 Å². The van der Waals surface area contributed by atoms with Crippen LogP contribution in [0.1, 0.15) is 17.5 Å². The highest BCUT2D eigenvalue weighted by atomic mass is 16.3. The van der Waals surface area contributed by atoms with Gasteiger partial charge >= 0.3 is 0 Å². The fourth-order valence-corrected chi connectivity index (χ4v) is 2.40. The minimum Gasteiger partial charge on any atom is -0.394 e. The van der Waals surface area contributed by atoms with E-state index < -0.39 is 6.04 Å². The lowest BCUT2D eigenvalue weighted by atomic mass is 10.1. The molecule has 1 unspecified atom stereocenters. The number of amides is 1. The third-order valence-corrected chi connectivity index (χ3v) is 3.21. The Morgan fingerprint density at radius 2 is 2.00 bits per heavy atom. The lowest BCUT2D eigenvalue weighted by Gasteiger charge is -2.24. The molecule has 0 spiro atoms. The summed E-state index contributed by atoms with van der Waals surface area (Å²) in [4.78, 5) is 14.1. The van der Waals surface area contributed by atoms with Crippen molar-refractivity contribution in [3.63, 3.8) is 0 Å². The Morgan fingerprint density at radius 3 is 2.61 bits per heavy atom. The molecule has 1 aliphatic heterocycles. The number of aliphatic hydroxyl groups is 1. The summed E-state index contributed by atoms with van der Waals surface area (Å²) in [5.41, 5.74) is 3.23. The fourth-order valence-electron chi connectivity index (χ4n) is 2.40. The van der Waals surface area contributed by atoms with E-state index in [4.69, 9.17) is 0 Å². The molecule has 2 N–H and O–H groups in total. The number of nitrogens with zero attached hydrogens (tertiary/aromatic N) is 1. The van der Waals surface area contributed by atoms with Gasteiger partial charge in [-0.3, -0.25) is 4.79 Å². The molecule has 1 saturated heterocycles. The Morgan fingerprint density at radius 1 is 1.33 bits per heavy atom. The summed E-state index contributed by atoms with van der Waals surface area (Å²) in [6.45, 7) is 5.37. The van der Waals surface area contributed by atoms with Crippen molar-refractivity contribution in [3.05, 3.63) is 29.3 Å². The molecule has 4 nitrogen and oxygen atoms in total. The Kier molecular flexibility index (Phi) is 3.99. The number of carbonyl (C=O) groups excluding carboxylic acids is 1. The van der Waals surface area contributed by atoms with E-state index in [1.807, 2.05) is 26.0 Å². The zero-order chi connectivity index (χ0) is 13.1. The number of benzene rings is 1. The highest BCUT2D eigenvalue weighted by Crippen LogP contribution is 2.21. The van der Waals surface area contributed by atoms with E-state index in [1.54, 1.807) is 4.90 Å². The van der Waals surface area contributed by atoms with Crippen LogP contribution in [-0.4, -0.2) is 36.8 Å². The number of rotatable bonds is 2. The number of hydrogen-bond donors (Lipinski definition) is 2. The molecule has 1 aromatic carbocycles. The SMILES string of the molecule is Cc1cc(C)cc(N2CCCNC(CO)C2=O)c1. The lowest BCUT2D eigenvalue weighted by Crippen LogP contribution is -2.46. The van der Waals surface area contributed by atoms with Crippen molar-refractivity contribution >= 4 is 11.6 Å². The number of anilines is 1. The molecule has 0 aliphatic carbocycles. The molecule has 1 amide bonds. The van der Waals surface area contributed by atoms with Crippen LogP contribution < -0.4 is 10.2 Å². The van der Waals surface area contributed by atoms with Crippen LogP contribution in [-0.2, 0) is 4.79 Å². The third-order valence-electron chi connectivity index (χ3n) is 3.21. The maximum Gasteiger partial charge on any atom is 0.246 e. The Bertz CT molecular complexity index is 425. The molecule has 1 aromatic rings. The van der Waals surface area contributed by atoms with Gasteiger partial charge in [-0.15, -0.1) is 0 Å². The summed E-state index contributed by atoms with van der Waals surface area (Å²) in [5, 5.41) is 12.3. The van der Waals surface area contributed by atoms with Crippen LogP contribution >= 0.6 is 0 Å². The minimum absolute atomic E-state index is 0.0417. The second-order valence-electron chi connectivity index (χ2n) is 4.88. The van der Waals surface area contributed by atoms with Gasteiger partial charge in [-0.25, -0.2) is 0 Å². The topological polar surface area (TPSA) is 52.6 Å². The van der Waals surface area contributed by atoms with Crippen molar-refractivity contribution in [2.24, 2.45) is 0 Å². The van der Waals surface area contributed by atoms with Crippen molar-refractivity contribution < 1.29 is 9.90 Å². The van der Waals surface area contributed by atoms with Crippen molar-refractivity contribution in [2.45, 2.75) is 26.3 Å². The maximum atomic E-state index is 12.3. The number of aliphatic hydroxyl groups excluding tert-OH is 1. The van der Waals surface area contributed by atoms with Gasteiger partial charge < -0.3 is 15.3 Å². The molecule has 4 heteroatoms. The van der Waals surface area contributed by atoms with Gasteiger partial charge in [0.15, 0.2) is 0 Å². The van der Waals surface area contributed by atoms with Crippen LogP contribution in [0.25, 0.3) is 0 Å². The average molecular weight is 248 g/mol. The number of hydrogen-bond acceptors (Lipinski definition) is 3. The first-order valence-electron chi connectivity index (χ1n) is 6.35. The molecule has 2 rings (SSSR count). The van der Waals surface area contributed by atoms with Crippen LogP contribution in [0, 0.1) is 13.8 Å². The van der Waals surface area contributed by atoms with Gasteiger partial charge in [-0.05, 0) is 50.1 Å². The van der Waals surface area contributed by atoms with E-state index >= 15 is 0 Å². The van der Waals surface area contributed by atoms with Crippen molar-refractivity contribution in [2.75, 3.05) is 24.6 Å². The highest BCUT2D eigenvalue weighted by Gasteiger charge is 2.27. The minimum atomic E-state index is -0.478. The van der Waals surface area contributed by atoms with Crippen LogP contribution in [0.5, 0.6) is 0 Å². The van der Waals surface area contributed by atoms with E-state index in [9.17, 15) is 9.90 Å². The van der Waals surface area contributed by atoms with Crippen molar-refractivity contribution in [1.82, 2.24) is 5.32 Å². The molecule has 0 aromatic heterocycles. The number of carbonyl (C=O) groups is 1. The summed E-state index contributed by atoms with van der Waals surface area (Å²) in [5.74, 6) is -0.0417. The first-order valence-corrected chi connectivity index (χ1v) is 6.35. The number of nitrogens with one attached hydrogen (secondary N) is 1. The molecule has 0 bridgehead atoms. The Labute approximate surface area is 108 Å². The highest BCUT2D eigenvalue weighted by molar-refractivity contribution is 5.97. The smallest absolute Gasteiger partial charge is 0.246 e. The lowest BCUT2D eigenvalue weighted by molar-refractivity contribution is -0.121. The van der Waals surface area contributed by atoms with Gasteiger partial charge in [0.1, 0.15) is 6.04 Å². The fraction of sp³-hybridized carbons (Fsp3) is 0.500. The van der Waals surface area contributed by atoms with Crippen LogP contribution in [0.2, 0.25) is 0 Å². The van der Waals surface area contributed by atoms with Gasteiger partial charge in [0.05, 0.1) is 6.61 Å². The maximum absolute atomic E-state index is 12.3. The summed E-state index contributed by atoms with van der Waals surface area (Å²) in [6.07, 6.45) is 0.898. The van der Waals surface area contributed by atoms with Crippen LogP contribution in [0.3, 0.4) is 0 Å². The van der Waals surface area contributed by atoms with Gasteiger partial charge in [0.25, 0.3) is 0 Å². The molecule has 18 heavy (non-hydrogen) atoms. The average Bonchev–Trinajstić information content (AvgIpc) is 2.49. The van der Waals surface area contributed by atoms with E-state index in [2.05, 4.69) is 11.4 Å². The van der Waals surface area contributed by atoms with Crippen molar-refractivity contribution in [3.8, 4) is 0 Å². The quantitative estimate of drug-likeness (QED) is 0.820. The van der Waals surface area contributed by atoms with Crippen LogP contribution in [0.15, 0.2) is 18.2 Å². The summed E-state index contributed by atoms with van der Waals surface area (Å²) >= 11 is 0. The molecule has 1 fully saturated rings. The first kappa shape index (κ1) is 13.1. The van der Waals surface area contributed by atoms with E-state index in [0.29, 0.717) is 6.54 Å². The second-order valence-corrected chi connectivity index (χ2v) is 4.88. The molecule has 1 aliphatic rings. The molecular weight excluding hydrogens is 228 g/mol. The van der Waals surface area contributed by atoms with Gasteiger partial charge in [-0.1, -0.05) is 6.07 Å². The zero-order valence-electron chi connectivity index (χ0n) is 10.9. The van der Waals surface area contributed by atoms with Gasteiger partial charge in [0, 0.05) is 12.2 Å². The largest absolute Gasteiger partial charge is 0.394 e. The summed E-state index contributed by atoms with van der Waals surface area (Å²) < 4.78 is 0. The monoisotopic (exact) mass is 248 g/mol. The molecule has 0 radical (unpaired) electrons. The molecule has 0 saturated carbocycles. The zero-order valence-corrected chi connectivity index (χ0v) is 10.9. The predicted octanol–water partition coefficient (Wildman–Crippen LogP) is 0.991. The van der Waals surface area contributed by atoms with Crippen molar-refractivity contribution in [1.29, 1.82) is 0 Å². The van der Waals surface area contributed by atoms with Crippen LogP contribution in [0.4, 0.5) is 5.69 Å². The molecule has 98 valence electrons. The second kappa shape index (κ2) is 5.50. The van der Waals surface area contributed by atoms with E-state index in [1.165, 1.54) is 0 Å². The normalized spacial score (nSPS) is 20.9. The Hall–Kier alpha value is -1.39. The van der Waals surface area contributed by atoms with E-state index in [-0.39, 0.29) is 12.5 Å². The number of aryl methyl sites for hydroxylation is 2. The molecule has 1 heterocycles. The molecule has 1 atom stereocenters.